The van der Waals surface area contributed by atoms with E-state index in [9.17, 15) is 4.39 Å². The van der Waals surface area contributed by atoms with E-state index in [1.165, 1.54) is 23.3 Å². The fraction of sp³-hybridized carbons (Fsp3) is 0.304. The van der Waals surface area contributed by atoms with E-state index in [4.69, 9.17) is 4.98 Å². The number of nitrogens with zero attached hydrogens (tertiary/aromatic N) is 5. The van der Waals surface area contributed by atoms with Crippen LogP contribution in [0.25, 0.3) is 0 Å². The van der Waals surface area contributed by atoms with Crippen molar-refractivity contribution in [3.8, 4) is 0 Å². The molecule has 0 amide bonds. The Bertz CT molecular complexity index is 983. The van der Waals surface area contributed by atoms with Crippen molar-refractivity contribution in [3.05, 3.63) is 77.7 Å². The van der Waals surface area contributed by atoms with Crippen molar-refractivity contribution >= 4 is 17.5 Å². The third-order valence-electron chi connectivity index (χ3n) is 5.84. The largest absolute Gasteiger partial charge is 0.368 e. The Kier molecular flexibility index (Phi) is 4.76. The molecule has 1 aromatic heterocycles. The molecule has 1 fully saturated rings. The standard InChI is InChI=1S/C23H24FN5/c24-20-5-7-21(8-6-20)27-13-15-28(16-14-27)23-25-11-9-22(26-23)29-12-10-18-3-1-2-4-19(18)17-29/h1-9,11H,10,12-17H2. The molecule has 0 atom stereocenters. The second-order valence-corrected chi connectivity index (χ2v) is 7.61. The number of halogens is 1. The van der Waals surface area contributed by atoms with Gasteiger partial charge in [-0.2, -0.15) is 4.98 Å². The summed E-state index contributed by atoms with van der Waals surface area (Å²) in [5.74, 6) is 1.59. The zero-order chi connectivity index (χ0) is 19.6. The third-order valence-corrected chi connectivity index (χ3v) is 5.84. The van der Waals surface area contributed by atoms with E-state index >= 15 is 0 Å². The van der Waals surface area contributed by atoms with Crippen LogP contribution in [0.4, 0.5) is 21.8 Å². The van der Waals surface area contributed by atoms with Gasteiger partial charge in [0.05, 0.1) is 0 Å². The Balaban J connectivity index is 1.27. The molecule has 3 heterocycles. The van der Waals surface area contributed by atoms with Crippen molar-refractivity contribution < 1.29 is 4.39 Å². The maximum Gasteiger partial charge on any atom is 0.227 e. The Morgan fingerprint density at radius 3 is 2.24 bits per heavy atom. The summed E-state index contributed by atoms with van der Waals surface area (Å²) >= 11 is 0. The van der Waals surface area contributed by atoms with Gasteiger partial charge >= 0.3 is 0 Å². The van der Waals surface area contributed by atoms with Crippen LogP contribution in [0.3, 0.4) is 0 Å². The lowest BCUT2D eigenvalue weighted by Gasteiger charge is -2.36. The van der Waals surface area contributed by atoms with E-state index < -0.39 is 0 Å². The predicted octanol–water partition coefficient (Wildman–Crippen LogP) is 3.51. The van der Waals surface area contributed by atoms with E-state index in [0.717, 1.165) is 63.1 Å². The minimum atomic E-state index is -0.196. The molecule has 2 aliphatic rings. The molecule has 148 valence electrons. The molecule has 0 spiro atoms. The van der Waals surface area contributed by atoms with Crippen LogP contribution in [0.15, 0.2) is 60.8 Å². The predicted molar refractivity (Wildman–Crippen MR) is 114 cm³/mol. The number of piperazine rings is 1. The molecule has 6 heteroatoms. The minimum absolute atomic E-state index is 0.196. The number of anilines is 3. The van der Waals surface area contributed by atoms with Crippen molar-refractivity contribution in [3.63, 3.8) is 0 Å². The van der Waals surface area contributed by atoms with Gasteiger partial charge in [-0.15, -0.1) is 0 Å². The lowest BCUT2D eigenvalue weighted by Crippen LogP contribution is -2.47. The molecular formula is C23H24FN5. The molecule has 2 aromatic carbocycles. The zero-order valence-electron chi connectivity index (χ0n) is 16.3. The highest BCUT2D eigenvalue weighted by Gasteiger charge is 2.22. The van der Waals surface area contributed by atoms with Crippen LogP contribution in [0.2, 0.25) is 0 Å². The molecule has 0 bridgehead atoms. The molecule has 5 rings (SSSR count). The Morgan fingerprint density at radius 1 is 0.724 bits per heavy atom. The quantitative estimate of drug-likeness (QED) is 0.685. The van der Waals surface area contributed by atoms with Crippen molar-refractivity contribution in [2.75, 3.05) is 47.4 Å². The van der Waals surface area contributed by atoms with E-state index in [0.29, 0.717) is 0 Å². The first-order chi connectivity index (χ1) is 14.3. The Hall–Kier alpha value is -3.15. The number of aromatic nitrogens is 2. The average molecular weight is 389 g/mol. The molecule has 5 nitrogen and oxygen atoms in total. The molecule has 0 aliphatic carbocycles. The molecule has 1 saturated heterocycles. The van der Waals surface area contributed by atoms with Gasteiger partial charge < -0.3 is 14.7 Å². The summed E-state index contributed by atoms with van der Waals surface area (Å²) in [4.78, 5) is 16.3. The SMILES string of the molecule is Fc1ccc(N2CCN(c3nccc(N4CCc5ccccc5C4)n3)CC2)cc1. The molecule has 0 radical (unpaired) electrons. The molecule has 2 aliphatic heterocycles. The molecule has 0 N–H and O–H groups in total. The molecule has 29 heavy (non-hydrogen) atoms. The fourth-order valence-electron chi connectivity index (χ4n) is 4.18. The normalized spacial score (nSPS) is 16.7. The zero-order valence-corrected chi connectivity index (χ0v) is 16.3. The van der Waals surface area contributed by atoms with Crippen molar-refractivity contribution in [1.29, 1.82) is 0 Å². The topological polar surface area (TPSA) is 35.5 Å². The molecular weight excluding hydrogens is 365 g/mol. The van der Waals surface area contributed by atoms with Crippen LogP contribution < -0.4 is 14.7 Å². The first-order valence-corrected chi connectivity index (χ1v) is 10.2. The van der Waals surface area contributed by atoms with Crippen LogP contribution in [-0.2, 0) is 13.0 Å². The summed E-state index contributed by atoms with van der Waals surface area (Å²) in [7, 11) is 0. The monoisotopic (exact) mass is 389 g/mol. The number of hydrogen-bond acceptors (Lipinski definition) is 5. The summed E-state index contributed by atoms with van der Waals surface area (Å²) in [5.41, 5.74) is 3.88. The smallest absolute Gasteiger partial charge is 0.227 e. The summed E-state index contributed by atoms with van der Waals surface area (Å²) < 4.78 is 13.2. The van der Waals surface area contributed by atoms with Crippen molar-refractivity contribution in [2.45, 2.75) is 13.0 Å². The lowest BCUT2D eigenvalue weighted by molar-refractivity contribution is 0.622. The minimum Gasteiger partial charge on any atom is -0.368 e. The number of benzene rings is 2. The second-order valence-electron chi connectivity index (χ2n) is 7.61. The Morgan fingerprint density at radius 2 is 1.45 bits per heavy atom. The van der Waals surface area contributed by atoms with Gasteiger partial charge in [0.25, 0.3) is 0 Å². The van der Waals surface area contributed by atoms with Crippen LogP contribution in [-0.4, -0.2) is 42.7 Å². The van der Waals surface area contributed by atoms with E-state index in [1.807, 2.05) is 24.4 Å². The van der Waals surface area contributed by atoms with Crippen LogP contribution in [0.1, 0.15) is 11.1 Å². The second kappa shape index (κ2) is 7.70. The average Bonchev–Trinajstić information content (AvgIpc) is 2.79. The van der Waals surface area contributed by atoms with Gasteiger partial charge in [0.15, 0.2) is 0 Å². The van der Waals surface area contributed by atoms with Gasteiger partial charge in [-0.05, 0) is 47.9 Å². The van der Waals surface area contributed by atoms with Crippen LogP contribution in [0.5, 0.6) is 0 Å². The number of rotatable bonds is 3. The maximum absolute atomic E-state index is 13.2. The van der Waals surface area contributed by atoms with Gasteiger partial charge in [-0.25, -0.2) is 9.37 Å². The highest BCUT2D eigenvalue weighted by Crippen LogP contribution is 2.25. The van der Waals surface area contributed by atoms with Crippen LogP contribution in [0, 0.1) is 5.82 Å². The number of fused-ring (bicyclic) bond motifs is 1. The van der Waals surface area contributed by atoms with E-state index in [1.54, 1.807) is 0 Å². The highest BCUT2D eigenvalue weighted by molar-refractivity contribution is 5.50. The van der Waals surface area contributed by atoms with Crippen molar-refractivity contribution in [1.82, 2.24) is 9.97 Å². The van der Waals surface area contributed by atoms with Gasteiger partial charge in [-0.1, -0.05) is 24.3 Å². The summed E-state index contributed by atoms with van der Waals surface area (Å²) in [5, 5.41) is 0. The van der Waals surface area contributed by atoms with Gasteiger partial charge in [-0.3, -0.25) is 0 Å². The maximum atomic E-state index is 13.2. The first-order valence-electron chi connectivity index (χ1n) is 10.2. The lowest BCUT2D eigenvalue weighted by atomic mass is 10.00. The highest BCUT2D eigenvalue weighted by atomic mass is 19.1. The Labute approximate surface area is 170 Å². The van der Waals surface area contributed by atoms with E-state index in [-0.39, 0.29) is 5.82 Å². The molecule has 0 saturated carbocycles. The number of hydrogen-bond donors (Lipinski definition) is 0. The summed E-state index contributed by atoms with van der Waals surface area (Å²) in [6.45, 7) is 5.32. The van der Waals surface area contributed by atoms with Gasteiger partial charge in [0.1, 0.15) is 11.6 Å². The van der Waals surface area contributed by atoms with E-state index in [2.05, 4.69) is 43.9 Å². The fourth-order valence-corrected chi connectivity index (χ4v) is 4.18. The van der Waals surface area contributed by atoms with Crippen LogP contribution >= 0.6 is 0 Å². The van der Waals surface area contributed by atoms with Gasteiger partial charge in [0, 0.05) is 51.2 Å². The summed E-state index contributed by atoms with van der Waals surface area (Å²) in [6, 6.07) is 17.4. The molecule has 0 unspecified atom stereocenters. The first kappa shape index (κ1) is 17.9. The third kappa shape index (κ3) is 3.75. The summed E-state index contributed by atoms with van der Waals surface area (Å²) in [6.07, 6.45) is 2.91. The van der Waals surface area contributed by atoms with Gasteiger partial charge in [0.2, 0.25) is 5.95 Å². The molecule has 3 aromatic rings. The van der Waals surface area contributed by atoms with Crippen molar-refractivity contribution in [2.24, 2.45) is 0 Å².